The molecular weight excluding hydrogens is 350 g/mol. The molecule has 1 aromatic heterocycles. The van der Waals surface area contributed by atoms with E-state index in [1.165, 1.54) is 11.8 Å². The average molecular weight is 368 g/mol. The Labute approximate surface area is 137 Å². The standard InChI is InChI=1S/C15H18BrN3OS/c1-15(2,3)12-8-13(19-18-12)17-14(20)9-21-11-6-4-10(16)5-7-11/h4-8H,9H2,1-3H3,(H2,17,18,19,20). The Balaban J connectivity index is 1.87. The lowest BCUT2D eigenvalue weighted by Gasteiger charge is -2.14. The number of aromatic amines is 1. The first-order valence-corrected chi connectivity index (χ1v) is 8.36. The molecule has 1 amide bonds. The second-order valence-electron chi connectivity index (χ2n) is 5.71. The molecule has 2 aromatic rings. The predicted octanol–water partition coefficient (Wildman–Crippen LogP) is 4.20. The van der Waals surface area contributed by atoms with Gasteiger partial charge in [0, 0.05) is 26.5 Å². The predicted molar refractivity (Wildman–Crippen MR) is 90.8 cm³/mol. The molecule has 0 aliphatic carbocycles. The van der Waals surface area contributed by atoms with Gasteiger partial charge < -0.3 is 5.32 Å². The molecule has 0 unspecified atom stereocenters. The van der Waals surface area contributed by atoms with Gasteiger partial charge in [-0.05, 0) is 24.3 Å². The lowest BCUT2D eigenvalue weighted by Crippen LogP contribution is -2.14. The van der Waals surface area contributed by atoms with E-state index >= 15 is 0 Å². The van der Waals surface area contributed by atoms with Crippen LogP contribution in [0.3, 0.4) is 0 Å². The van der Waals surface area contributed by atoms with Gasteiger partial charge in [-0.15, -0.1) is 11.8 Å². The number of hydrogen-bond donors (Lipinski definition) is 2. The van der Waals surface area contributed by atoms with E-state index < -0.39 is 0 Å². The Morgan fingerprint density at radius 2 is 2.00 bits per heavy atom. The summed E-state index contributed by atoms with van der Waals surface area (Å²) in [6.45, 7) is 6.28. The van der Waals surface area contributed by atoms with Crippen LogP contribution in [0, 0.1) is 0 Å². The van der Waals surface area contributed by atoms with Crippen molar-refractivity contribution >= 4 is 39.4 Å². The minimum absolute atomic E-state index is 0.0118. The number of rotatable bonds is 4. The highest BCUT2D eigenvalue weighted by atomic mass is 79.9. The Morgan fingerprint density at radius 3 is 2.57 bits per heavy atom. The largest absolute Gasteiger partial charge is 0.308 e. The van der Waals surface area contributed by atoms with Gasteiger partial charge in [-0.3, -0.25) is 9.89 Å². The number of anilines is 1. The molecule has 0 fully saturated rings. The van der Waals surface area contributed by atoms with E-state index in [0.29, 0.717) is 11.6 Å². The third kappa shape index (κ3) is 4.89. The molecule has 2 N–H and O–H groups in total. The van der Waals surface area contributed by atoms with Crippen LogP contribution in [0.15, 0.2) is 39.7 Å². The summed E-state index contributed by atoms with van der Waals surface area (Å²) in [5, 5.41) is 9.88. The van der Waals surface area contributed by atoms with Crippen LogP contribution in [0.2, 0.25) is 0 Å². The van der Waals surface area contributed by atoms with Crippen molar-refractivity contribution in [1.82, 2.24) is 10.2 Å². The number of amides is 1. The number of nitrogens with zero attached hydrogens (tertiary/aromatic N) is 1. The zero-order valence-corrected chi connectivity index (χ0v) is 14.6. The van der Waals surface area contributed by atoms with Gasteiger partial charge in [-0.1, -0.05) is 36.7 Å². The van der Waals surface area contributed by atoms with Gasteiger partial charge in [-0.2, -0.15) is 5.10 Å². The summed E-state index contributed by atoms with van der Waals surface area (Å²) in [4.78, 5) is 13.0. The minimum atomic E-state index is -0.0603. The van der Waals surface area contributed by atoms with Crippen molar-refractivity contribution in [1.29, 1.82) is 0 Å². The summed E-state index contributed by atoms with van der Waals surface area (Å²) in [5.41, 5.74) is 0.987. The average Bonchev–Trinajstić information content (AvgIpc) is 2.86. The van der Waals surface area contributed by atoms with Crippen LogP contribution in [-0.4, -0.2) is 21.9 Å². The minimum Gasteiger partial charge on any atom is -0.308 e. The molecular formula is C15H18BrN3OS. The molecule has 112 valence electrons. The van der Waals surface area contributed by atoms with E-state index in [-0.39, 0.29) is 11.3 Å². The first kappa shape index (κ1) is 16.1. The summed E-state index contributed by atoms with van der Waals surface area (Å²) < 4.78 is 1.03. The number of hydrogen-bond acceptors (Lipinski definition) is 3. The highest BCUT2D eigenvalue weighted by Gasteiger charge is 2.17. The van der Waals surface area contributed by atoms with Crippen LogP contribution in [-0.2, 0) is 10.2 Å². The first-order chi connectivity index (χ1) is 9.84. The molecule has 0 radical (unpaired) electrons. The number of benzene rings is 1. The van der Waals surface area contributed by atoms with Crippen LogP contribution in [0.5, 0.6) is 0 Å². The van der Waals surface area contributed by atoms with Crippen LogP contribution < -0.4 is 5.32 Å². The molecule has 0 atom stereocenters. The Bertz CT molecular complexity index is 617. The highest BCUT2D eigenvalue weighted by Crippen LogP contribution is 2.23. The SMILES string of the molecule is CC(C)(C)c1cc(NC(=O)CSc2ccc(Br)cc2)n[nH]1. The van der Waals surface area contributed by atoms with Crippen molar-refractivity contribution in [2.24, 2.45) is 0 Å². The van der Waals surface area contributed by atoms with Gasteiger partial charge in [-0.25, -0.2) is 0 Å². The van der Waals surface area contributed by atoms with Crippen molar-refractivity contribution in [2.45, 2.75) is 31.1 Å². The molecule has 0 aliphatic heterocycles. The van der Waals surface area contributed by atoms with Gasteiger partial charge in [0.05, 0.1) is 5.75 Å². The Kier molecular flexibility index (Phi) is 5.11. The van der Waals surface area contributed by atoms with Crippen molar-refractivity contribution in [3.8, 4) is 0 Å². The molecule has 1 heterocycles. The summed E-state index contributed by atoms with van der Waals surface area (Å²) >= 11 is 4.89. The summed E-state index contributed by atoms with van der Waals surface area (Å²) in [7, 11) is 0. The second kappa shape index (κ2) is 6.66. The summed E-state index contributed by atoms with van der Waals surface area (Å²) in [6.07, 6.45) is 0. The van der Waals surface area contributed by atoms with Gasteiger partial charge in [0.2, 0.25) is 5.91 Å². The Hall–Kier alpha value is -1.27. The maximum absolute atomic E-state index is 11.9. The van der Waals surface area contributed by atoms with Crippen molar-refractivity contribution < 1.29 is 4.79 Å². The normalized spacial score (nSPS) is 11.4. The van der Waals surface area contributed by atoms with Crippen LogP contribution in [0.1, 0.15) is 26.5 Å². The van der Waals surface area contributed by atoms with Crippen molar-refractivity contribution in [2.75, 3.05) is 11.1 Å². The zero-order chi connectivity index (χ0) is 15.5. The molecule has 0 saturated carbocycles. The van der Waals surface area contributed by atoms with Crippen LogP contribution >= 0.6 is 27.7 Å². The molecule has 21 heavy (non-hydrogen) atoms. The molecule has 0 saturated heterocycles. The third-order valence-corrected chi connectivity index (χ3v) is 4.38. The molecule has 0 aliphatic rings. The first-order valence-electron chi connectivity index (χ1n) is 6.59. The molecule has 6 heteroatoms. The zero-order valence-electron chi connectivity index (χ0n) is 12.2. The van der Waals surface area contributed by atoms with Crippen molar-refractivity contribution in [3.63, 3.8) is 0 Å². The van der Waals surface area contributed by atoms with E-state index in [1.807, 2.05) is 30.3 Å². The monoisotopic (exact) mass is 367 g/mol. The molecule has 1 aromatic carbocycles. The number of carbonyl (C=O) groups is 1. The quantitative estimate of drug-likeness (QED) is 0.796. The molecule has 2 rings (SSSR count). The number of aromatic nitrogens is 2. The number of nitrogens with one attached hydrogen (secondary N) is 2. The lowest BCUT2D eigenvalue weighted by molar-refractivity contribution is -0.113. The fourth-order valence-electron chi connectivity index (χ4n) is 1.63. The fraction of sp³-hybridized carbons (Fsp3) is 0.333. The Morgan fingerprint density at radius 1 is 1.33 bits per heavy atom. The molecule has 0 spiro atoms. The van der Waals surface area contributed by atoms with Crippen molar-refractivity contribution in [3.05, 3.63) is 40.5 Å². The highest BCUT2D eigenvalue weighted by molar-refractivity contribution is 9.10. The molecule has 0 bridgehead atoms. The number of carbonyl (C=O) groups excluding carboxylic acids is 1. The number of thioether (sulfide) groups is 1. The fourth-order valence-corrected chi connectivity index (χ4v) is 2.59. The summed E-state index contributed by atoms with van der Waals surface area (Å²) in [5.74, 6) is 0.871. The smallest absolute Gasteiger partial charge is 0.235 e. The van der Waals surface area contributed by atoms with Gasteiger partial charge in [0.25, 0.3) is 0 Å². The van der Waals surface area contributed by atoms with Crippen LogP contribution in [0.4, 0.5) is 5.82 Å². The van der Waals surface area contributed by atoms with Gasteiger partial charge in [0.15, 0.2) is 5.82 Å². The lowest BCUT2D eigenvalue weighted by atomic mass is 9.92. The third-order valence-electron chi connectivity index (χ3n) is 2.84. The van der Waals surface area contributed by atoms with E-state index in [4.69, 9.17) is 0 Å². The van der Waals surface area contributed by atoms with Gasteiger partial charge >= 0.3 is 0 Å². The summed E-state index contributed by atoms with van der Waals surface area (Å²) in [6, 6.07) is 9.76. The topological polar surface area (TPSA) is 57.8 Å². The number of H-pyrrole nitrogens is 1. The number of halogens is 1. The van der Waals surface area contributed by atoms with E-state index in [0.717, 1.165) is 15.1 Å². The van der Waals surface area contributed by atoms with Gasteiger partial charge in [0.1, 0.15) is 0 Å². The van der Waals surface area contributed by atoms with E-state index in [2.05, 4.69) is 52.2 Å². The van der Waals surface area contributed by atoms with E-state index in [9.17, 15) is 4.79 Å². The maximum Gasteiger partial charge on any atom is 0.235 e. The molecule has 4 nitrogen and oxygen atoms in total. The second-order valence-corrected chi connectivity index (χ2v) is 7.67. The van der Waals surface area contributed by atoms with E-state index in [1.54, 1.807) is 0 Å². The maximum atomic E-state index is 11.9. The van der Waals surface area contributed by atoms with Crippen LogP contribution in [0.25, 0.3) is 0 Å².